The Bertz CT molecular complexity index is 624. The van der Waals surface area contributed by atoms with E-state index < -0.39 is 0 Å². The fraction of sp³-hybridized carbons (Fsp3) is 0.188. The largest absolute Gasteiger partial charge is 0.355 e. The lowest BCUT2D eigenvalue weighted by atomic mass is 10.1. The standard InChI is InChI=1S/C16H17N3O2/c1-17-15(20)13-8-6-12(7-9-13)11-19(2)16(21)14-5-3-4-10-18-14/h3-10H,11H2,1-2H3,(H,17,20). The number of rotatable bonds is 4. The highest BCUT2D eigenvalue weighted by Gasteiger charge is 2.13. The number of nitrogens with zero attached hydrogens (tertiary/aromatic N) is 2. The topological polar surface area (TPSA) is 62.3 Å². The SMILES string of the molecule is CNC(=O)c1ccc(CN(C)C(=O)c2ccccn2)cc1. The summed E-state index contributed by atoms with van der Waals surface area (Å²) in [6.07, 6.45) is 1.60. The van der Waals surface area contributed by atoms with Gasteiger partial charge in [0, 0.05) is 32.4 Å². The van der Waals surface area contributed by atoms with E-state index in [1.807, 2.05) is 12.1 Å². The van der Waals surface area contributed by atoms with Gasteiger partial charge < -0.3 is 10.2 Å². The highest BCUT2D eigenvalue weighted by molar-refractivity contribution is 5.94. The van der Waals surface area contributed by atoms with Crippen LogP contribution in [0.25, 0.3) is 0 Å². The smallest absolute Gasteiger partial charge is 0.272 e. The van der Waals surface area contributed by atoms with Crippen molar-refractivity contribution >= 4 is 11.8 Å². The summed E-state index contributed by atoms with van der Waals surface area (Å²) in [5.41, 5.74) is 1.97. The number of carbonyl (C=O) groups excluding carboxylic acids is 2. The van der Waals surface area contributed by atoms with Gasteiger partial charge in [-0.1, -0.05) is 18.2 Å². The average Bonchev–Trinajstić information content (AvgIpc) is 2.55. The fourth-order valence-electron chi connectivity index (χ4n) is 1.94. The molecule has 108 valence electrons. The molecule has 0 spiro atoms. The molecule has 1 heterocycles. The molecule has 5 heteroatoms. The second-order valence-corrected chi connectivity index (χ2v) is 4.65. The molecule has 0 bridgehead atoms. The Balaban J connectivity index is 2.04. The molecule has 0 radical (unpaired) electrons. The molecule has 0 atom stereocenters. The molecule has 1 aromatic heterocycles. The number of carbonyl (C=O) groups is 2. The first kappa shape index (κ1) is 14.7. The van der Waals surface area contributed by atoms with Crippen LogP contribution in [0.1, 0.15) is 26.4 Å². The molecule has 0 aliphatic heterocycles. The monoisotopic (exact) mass is 283 g/mol. The summed E-state index contributed by atoms with van der Waals surface area (Å²) in [7, 11) is 3.32. The van der Waals surface area contributed by atoms with Crippen LogP contribution in [0.2, 0.25) is 0 Å². The molecule has 1 aromatic carbocycles. The van der Waals surface area contributed by atoms with Gasteiger partial charge in [-0.05, 0) is 29.8 Å². The molecule has 5 nitrogen and oxygen atoms in total. The van der Waals surface area contributed by atoms with E-state index in [-0.39, 0.29) is 11.8 Å². The molecule has 2 amide bonds. The first-order chi connectivity index (χ1) is 10.1. The van der Waals surface area contributed by atoms with E-state index in [0.717, 1.165) is 5.56 Å². The molecule has 0 fully saturated rings. The molecule has 0 aliphatic rings. The number of nitrogens with one attached hydrogen (secondary N) is 1. The molecule has 0 unspecified atom stereocenters. The second-order valence-electron chi connectivity index (χ2n) is 4.65. The van der Waals surface area contributed by atoms with Crippen LogP contribution in [-0.2, 0) is 6.54 Å². The number of pyridine rings is 1. The van der Waals surface area contributed by atoms with E-state index in [1.54, 1.807) is 55.5 Å². The molecular formula is C16H17N3O2. The zero-order chi connectivity index (χ0) is 15.2. The van der Waals surface area contributed by atoms with Crippen LogP contribution in [0.3, 0.4) is 0 Å². The van der Waals surface area contributed by atoms with E-state index in [9.17, 15) is 9.59 Å². The fourth-order valence-corrected chi connectivity index (χ4v) is 1.94. The summed E-state index contributed by atoms with van der Waals surface area (Å²) >= 11 is 0. The van der Waals surface area contributed by atoms with E-state index in [0.29, 0.717) is 17.8 Å². The summed E-state index contributed by atoms with van der Waals surface area (Å²) in [6.45, 7) is 0.462. The summed E-state index contributed by atoms with van der Waals surface area (Å²) in [5.74, 6) is -0.259. The van der Waals surface area contributed by atoms with Gasteiger partial charge in [-0.15, -0.1) is 0 Å². The first-order valence-corrected chi connectivity index (χ1v) is 6.59. The van der Waals surface area contributed by atoms with Gasteiger partial charge >= 0.3 is 0 Å². The van der Waals surface area contributed by atoms with Crippen LogP contribution >= 0.6 is 0 Å². The number of hydrogen-bond donors (Lipinski definition) is 1. The Morgan fingerprint density at radius 3 is 2.43 bits per heavy atom. The van der Waals surface area contributed by atoms with Crippen LogP contribution in [-0.4, -0.2) is 35.8 Å². The summed E-state index contributed by atoms with van der Waals surface area (Å²) in [4.78, 5) is 29.3. The van der Waals surface area contributed by atoms with Crippen molar-refractivity contribution < 1.29 is 9.59 Å². The Kier molecular flexibility index (Phi) is 4.66. The van der Waals surface area contributed by atoms with Gasteiger partial charge in [-0.2, -0.15) is 0 Å². The van der Waals surface area contributed by atoms with Crippen molar-refractivity contribution in [3.63, 3.8) is 0 Å². The second kappa shape index (κ2) is 6.65. The van der Waals surface area contributed by atoms with E-state index in [1.165, 1.54) is 0 Å². The zero-order valence-electron chi connectivity index (χ0n) is 12.0. The van der Waals surface area contributed by atoms with Gasteiger partial charge in [0.25, 0.3) is 11.8 Å². The maximum atomic E-state index is 12.2. The zero-order valence-corrected chi connectivity index (χ0v) is 12.0. The highest BCUT2D eigenvalue weighted by atomic mass is 16.2. The van der Waals surface area contributed by atoms with Gasteiger partial charge in [0.15, 0.2) is 0 Å². The summed E-state index contributed by atoms with van der Waals surface area (Å²) in [6, 6.07) is 12.4. The van der Waals surface area contributed by atoms with Crippen molar-refractivity contribution in [3.05, 3.63) is 65.5 Å². The van der Waals surface area contributed by atoms with Crippen LogP contribution in [0.5, 0.6) is 0 Å². The van der Waals surface area contributed by atoms with Crippen LogP contribution < -0.4 is 5.32 Å². The Morgan fingerprint density at radius 1 is 1.14 bits per heavy atom. The number of benzene rings is 1. The minimum Gasteiger partial charge on any atom is -0.355 e. The predicted octanol–water partition coefficient (Wildman–Crippen LogP) is 1.71. The van der Waals surface area contributed by atoms with Crippen molar-refractivity contribution in [2.75, 3.05) is 14.1 Å². The molecule has 0 saturated heterocycles. The summed E-state index contributed by atoms with van der Waals surface area (Å²) < 4.78 is 0. The lowest BCUT2D eigenvalue weighted by Gasteiger charge is -2.16. The average molecular weight is 283 g/mol. The van der Waals surface area contributed by atoms with Crippen LogP contribution in [0, 0.1) is 0 Å². The highest BCUT2D eigenvalue weighted by Crippen LogP contribution is 2.09. The maximum Gasteiger partial charge on any atom is 0.272 e. The van der Waals surface area contributed by atoms with Gasteiger partial charge in [-0.3, -0.25) is 14.6 Å². The van der Waals surface area contributed by atoms with Crippen molar-refractivity contribution in [2.45, 2.75) is 6.54 Å². The Labute approximate surface area is 123 Å². The van der Waals surface area contributed by atoms with E-state index in [4.69, 9.17) is 0 Å². The van der Waals surface area contributed by atoms with Crippen LogP contribution in [0.15, 0.2) is 48.7 Å². The van der Waals surface area contributed by atoms with Gasteiger partial charge in [0.05, 0.1) is 0 Å². The third-order valence-electron chi connectivity index (χ3n) is 3.09. The van der Waals surface area contributed by atoms with Crippen molar-refractivity contribution in [3.8, 4) is 0 Å². The lowest BCUT2D eigenvalue weighted by molar-refractivity contribution is 0.0779. The summed E-state index contributed by atoms with van der Waals surface area (Å²) in [5, 5.41) is 2.57. The molecular weight excluding hydrogens is 266 g/mol. The molecule has 2 rings (SSSR count). The third kappa shape index (κ3) is 3.66. The Hall–Kier alpha value is -2.69. The van der Waals surface area contributed by atoms with Crippen molar-refractivity contribution in [2.24, 2.45) is 0 Å². The molecule has 1 N–H and O–H groups in total. The maximum absolute atomic E-state index is 12.2. The minimum absolute atomic E-state index is 0.125. The van der Waals surface area contributed by atoms with Gasteiger partial charge in [0.1, 0.15) is 5.69 Å². The van der Waals surface area contributed by atoms with E-state index in [2.05, 4.69) is 10.3 Å². The van der Waals surface area contributed by atoms with Crippen LogP contribution in [0.4, 0.5) is 0 Å². The van der Waals surface area contributed by atoms with E-state index >= 15 is 0 Å². The molecule has 2 aromatic rings. The van der Waals surface area contributed by atoms with Crippen molar-refractivity contribution in [1.82, 2.24) is 15.2 Å². The number of hydrogen-bond acceptors (Lipinski definition) is 3. The Morgan fingerprint density at radius 2 is 1.86 bits per heavy atom. The third-order valence-corrected chi connectivity index (χ3v) is 3.09. The van der Waals surface area contributed by atoms with Gasteiger partial charge in [-0.25, -0.2) is 0 Å². The predicted molar refractivity (Wildman–Crippen MR) is 79.9 cm³/mol. The molecule has 21 heavy (non-hydrogen) atoms. The minimum atomic E-state index is -0.133. The lowest BCUT2D eigenvalue weighted by Crippen LogP contribution is -2.27. The number of aromatic nitrogens is 1. The quantitative estimate of drug-likeness (QED) is 0.929. The van der Waals surface area contributed by atoms with Gasteiger partial charge in [0.2, 0.25) is 0 Å². The van der Waals surface area contributed by atoms with Crippen molar-refractivity contribution in [1.29, 1.82) is 0 Å². The molecule has 0 saturated carbocycles. The first-order valence-electron chi connectivity index (χ1n) is 6.59. The normalized spacial score (nSPS) is 10.0. The molecule has 0 aliphatic carbocycles. The number of amides is 2.